The molecule has 0 spiro atoms. The van der Waals surface area contributed by atoms with Crippen LogP contribution in [0.3, 0.4) is 0 Å². The fourth-order valence-corrected chi connectivity index (χ4v) is 2.35. The van der Waals surface area contributed by atoms with Crippen molar-refractivity contribution in [3.63, 3.8) is 0 Å². The highest BCUT2D eigenvalue weighted by atomic mass is 16.5. The lowest BCUT2D eigenvalue weighted by Gasteiger charge is -2.23. The summed E-state index contributed by atoms with van der Waals surface area (Å²) in [4.78, 5) is 14.0. The van der Waals surface area contributed by atoms with E-state index in [-0.39, 0.29) is 18.6 Å². The monoisotopic (exact) mass is 318 g/mol. The molecule has 1 fully saturated rings. The Balaban J connectivity index is 1.63. The number of nitrogens with one attached hydrogen (secondary N) is 1. The first-order chi connectivity index (χ1) is 11.3. The van der Waals surface area contributed by atoms with E-state index in [0.717, 1.165) is 5.69 Å². The lowest BCUT2D eigenvalue weighted by molar-refractivity contribution is 0.0958. The second-order valence-electron chi connectivity index (χ2n) is 5.30. The number of tetrazole rings is 1. The van der Waals surface area contributed by atoms with Crippen LogP contribution in [0.1, 0.15) is 0 Å². The van der Waals surface area contributed by atoms with Gasteiger partial charge in [-0.15, -0.1) is 5.10 Å². The fraction of sp³-hybridized carbons (Fsp3) is 0.429. The molecular weight excluding hydrogens is 300 g/mol. The van der Waals surface area contributed by atoms with Crippen molar-refractivity contribution in [2.45, 2.75) is 0 Å². The zero-order valence-corrected chi connectivity index (χ0v) is 12.5. The van der Waals surface area contributed by atoms with Gasteiger partial charge in [-0.1, -0.05) is 0 Å². The largest absolute Gasteiger partial charge is 0.396 e. The minimum atomic E-state index is -0.205. The summed E-state index contributed by atoms with van der Waals surface area (Å²) >= 11 is 0. The summed E-state index contributed by atoms with van der Waals surface area (Å²) < 4.78 is 6.91. The van der Waals surface area contributed by atoms with Gasteiger partial charge in [-0.25, -0.2) is 9.48 Å². The first-order valence-electron chi connectivity index (χ1n) is 7.34. The maximum atomic E-state index is 12.3. The van der Waals surface area contributed by atoms with Gasteiger partial charge in [0.1, 0.15) is 6.33 Å². The molecule has 2 N–H and O–H groups in total. The molecule has 1 aliphatic heterocycles. The predicted molar refractivity (Wildman–Crippen MR) is 81.1 cm³/mol. The van der Waals surface area contributed by atoms with E-state index in [9.17, 15) is 9.90 Å². The maximum Gasteiger partial charge on any atom is 0.321 e. The van der Waals surface area contributed by atoms with Gasteiger partial charge in [0.25, 0.3) is 0 Å². The van der Waals surface area contributed by atoms with E-state index in [4.69, 9.17) is 4.74 Å². The van der Waals surface area contributed by atoms with Gasteiger partial charge in [0.2, 0.25) is 0 Å². The van der Waals surface area contributed by atoms with Crippen molar-refractivity contribution in [3.05, 3.63) is 30.6 Å². The third-order valence-corrected chi connectivity index (χ3v) is 3.62. The molecule has 2 amide bonds. The molecule has 1 saturated heterocycles. The Labute approximate surface area is 132 Å². The van der Waals surface area contributed by atoms with Crippen molar-refractivity contribution >= 4 is 11.7 Å². The molecular formula is C14H18N6O3. The predicted octanol–water partition coefficient (Wildman–Crippen LogP) is 0.135. The number of carbonyl (C=O) groups is 1. The Morgan fingerprint density at radius 3 is 2.91 bits per heavy atom. The summed E-state index contributed by atoms with van der Waals surface area (Å²) in [6, 6.07) is 6.99. The first-order valence-corrected chi connectivity index (χ1v) is 7.34. The highest BCUT2D eigenvalue weighted by Crippen LogP contribution is 2.14. The Morgan fingerprint density at radius 1 is 1.39 bits per heavy atom. The molecule has 0 radical (unpaired) electrons. The quantitative estimate of drug-likeness (QED) is 0.833. The van der Waals surface area contributed by atoms with Crippen LogP contribution < -0.4 is 5.32 Å². The summed E-state index contributed by atoms with van der Waals surface area (Å²) in [5, 5.41) is 23.1. The van der Waals surface area contributed by atoms with Crippen molar-refractivity contribution in [2.24, 2.45) is 5.92 Å². The van der Waals surface area contributed by atoms with E-state index >= 15 is 0 Å². The number of aliphatic hydroxyl groups excluding tert-OH is 1. The summed E-state index contributed by atoms with van der Waals surface area (Å²) in [5.41, 5.74) is 1.48. The molecule has 2 aromatic rings. The molecule has 2 heterocycles. The summed E-state index contributed by atoms with van der Waals surface area (Å²) in [5.74, 6) is -0.0505. The standard InChI is InChI=1S/C14H18N6O3/c21-8-11-7-19(5-6-23-9-11)14(22)16-12-1-3-13(4-2-12)20-10-15-17-18-20/h1-4,10-11,21H,5-9H2,(H,16,22). The SMILES string of the molecule is O=C(Nc1ccc(-n2cnnn2)cc1)N1CCOCC(CO)C1. The topological polar surface area (TPSA) is 105 Å². The number of benzene rings is 1. The zero-order valence-electron chi connectivity index (χ0n) is 12.5. The van der Waals surface area contributed by atoms with Crippen LogP contribution in [0, 0.1) is 5.92 Å². The van der Waals surface area contributed by atoms with Gasteiger partial charge < -0.3 is 20.1 Å². The van der Waals surface area contributed by atoms with Gasteiger partial charge >= 0.3 is 6.03 Å². The molecule has 1 unspecified atom stereocenters. The molecule has 0 bridgehead atoms. The third kappa shape index (κ3) is 3.82. The number of nitrogens with zero attached hydrogens (tertiary/aromatic N) is 5. The van der Waals surface area contributed by atoms with Crippen LogP contribution >= 0.6 is 0 Å². The molecule has 122 valence electrons. The van der Waals surface area contributed by atoms with Crippen LogP contribution in [0.5, 0.6) is 0 Å². The molecule has 1 aromatic heterocycles. The number of hydrogen-bond donors (Lipinski definition) is 2. The first kappa shape index (κ1) is 15.4. The minimum Gasteiger partial charge on any atom is -0.396 e. The van der Waals surface area contributed by atoms with E-state index in [1.165, 1.54) is 11.0 Å². The molecule has 3 rings (SSSR count). The van der Waals surface area contributed by atoms with Gasteiger partial charge in [-0.05, 0) is 34.7 Å². The number of aliphatic hydroxyl groups is 1. The maximum absolute atomic E-state index is 12.3. The van der Waals surface area contributed by atoms with Gasteiger partial charge in [0, 0.05) is 31.3 Å². The summed E-state index contributed by atoms with van der Waals surface area (Å²) in [7, 11) is 0. The van der Waals surface area contributed by atoms with Crippen molar-refractivity contribution in [1.29, 1.82) is 0 Å². The molecule has 1 aliphatic rings. The number of anilines is 1. The Hall–Kier alpha value is -2.52. The van der Waals surface area contributed by atoms with E-state index < -0.39 is 0 Å². The van der Waals surface area contributed by atoms with Crippen LogP contribution in [0.15, 0.2) is 30.6 Å². The van der Waals surface area contributed by atoms with Crippen LogP contribution in [0.2, 0.25) is 0 Å². The highest BCUT2D eigenvalue weighted by molar-refractivity contribution is 5.89. The van der Waals surface area contributed by atoms with Crippen LogP contribution in [-0.2, 0) is 4.74 Å². The second kappa shape index (κ2) is 7.16. The van der Waals surface area contributed by atoms with E-state index in [2.05, 4.69) is 20.8 Å². The average molecular weight is 318 g/mol. The molecule has 23 heavy (non-hydrogen) atoms. The Kier molecular flexibility index (Phi) is 4.79. The second-order valence-corrected chi connectivity index (χ2v) is 5.30. The van der Waals surface area contributed by atoms with Crippen molar-refractivity contribution < 1.29 is 14.6 Å². The Bertz CT molecular complexity index is 630. The van der Waals surface area contributed by atoms with E-state index in [1.807, 2.05) is 12.1 Å². The van der Waals surface area contributed by atoms with Crippen molar-refractivity contribution in [2.75, 3.05) is 38.2 Å². The lowest BCUT2D eigenvalue weighted by atomic mass is 10.2. The van der Waals surface area contributed by atoms with Crippen LogP contribution in [-0.4, -0.2) is 69.2 Å². The average Bonchev–Trinajstić information content (AvgIpc) is 3.00. The molecule has 9 nitrogen and oxygen atoms in total. The third-order valence-electron chi connectivity index (χ3n) is 3.62. The van der Waals surface area contributed by atoms with Crippen molar-refractivity contribution in [1.82, 2.24) is 25.1 Å². The number of aromatic nitrogens is 4. The van der Waals surface area contributed by atoms with E-state index in [1.54, 1.807) is 17.0 Å². The van der Waals surface area contributed by atoms with Crippen molar-refractivity contribution in [3.8, 4) is 5.69 Å². The van der Waals surface area contributed by atoms with Gasteiger partial charge in [-0.3, -0.25) is 0 Å². The van der Waals surface area contributed by atoms with Gasteiger partial charge in [-0.2, -0.15) is 0 Å². The molecule has 0 aliphatic carbocycles. The minimum absolute atomic E-state index is 0.00438. The molecule has 0 saturated carbocycles. The van der Waals surface area contributed by atoms with Crippen LogP contribution in [0.25, 0.3) is 5.69 Å². The number of carbonyl (C=O) groups excluding carboxylic acids is 1. The number of hydrogen-bond acceptors (Lipinski definition) is 6. The lowest BCUT2D eigenvalue weighted by Crippen LogP contribution is -2.39. The smallest absolute Gasteiger partial charge is 0.321 e. The van der Waals surface area contributed by atoms with E-state index in [0.29, 0.717) is 32.0 Å². The molecule has 1 aromatic carbocycles. The number of rotatable bonds is 3. The molecule has 1 atom stereocenters. The number of ether oxygens (including phenoxy) is 1. The van der Waals surface area contributed by atoms with Gasteiger partial charge in [0.15, 0.2) is 0 Å². The summed E-state index contributed by atoms with van der Waals surface area (Å²) in [6.07, 6.45) is 1.50. The van der Waals surface area contributed by atoms with Crippen LogP contribution in [0.4, 0.5) is 10.5 Å². The number of amides is 2. The summed E-state index contributed by atoms with van der Waals surface area (Å²) in [6.45, 7) is 1.93. The highest BCUT2D eigenvalue weighted by Gasteiger charge is 2.22. The fourth-order valence-electron chi connectivity index (χ4n) is 2.35. The van der Waals surface area contributed by atoms with Gasteiger partial charge in [0.05, 0.1) is 18.9 Å². The number of urea groups is 1. The zero-order chi connectivity index (χ0) is 16.1. The molecule has 9 heteroatoms. The normalized spacial score (nSPS) is 18.5. The Morgan fingerprint density at radius 2 is 2.22 bits per heavy atom.